The molecule has 3 rings (SSSR count). The van der Waals surface area contributed by atoms with Gasteiger partial charge in [0.05, 0.1) is 0 Å². The molecule has 0 saturated heterocycles. The molecule has 1 aromatic heterocycles. The summed E-state index contributed by atoms with van der Waals surface area (Å²) in [5.74, 6) is 0.157. The number of aromatic nitrogens is 1. The van der Waals surface area contributed by atoms with Gasteiger partial charge in [-0.2, -0.15) is 13.2 Å². The van der Waals surface area contributed by atoms with Gasteiger partial charge in [0.15, 0.2) is 5.60 Å². The molecule has 1 heterocycles. The van der Waals surface area contributed by atoms with Crippen LogP contribution in [0.25, 0.3) is 0 Å². The van der Waals surface area contributed by atoms with Gasteiger partial charge in [-0.3, -0.25) is 9.78 Å². The molecule has 0 aliphatic heterocycles. The maximum atomic E-state index is 13.0. The predicted molar refractivity (Wildman–Crippen MR) is 103 cm³/mol. The van der Waals surface area contributed by atoms with E-state index >= 15 is 0 Å². The third kappa shape index (κ3) is 4.45. The van der Waals surface area contributed by atoms with Crippen LogP contribution >= 0.6 is 0 Å². The highest BCUT2D eigenvalue weighted by Crippen LogP contribution is 2.38. The largest absolute Gasteiger partial charge is 0.421 e. The Balaban J connectivity index is 1.63. The first kappa shape index (κ1) is 21.3. The van der Waals surface area contributed by atoms with Crippen molar-refractivity contribution in [1.29, 1.82) is 0 Å². The molecule has 1 aliphatic carbocycles. The molecule has 1 N–H and O–H groups in total. The number of carbonyl (C=O) groups excluding carboxylic acids is 1. The minimum absolute atomic E-state index is 0.0837. The molecule has 7 heteroatoms. The summed E-state index contributed by atoms with van der Waals surface area (Å²) < 4.78 is 38.9. The average molecular weight is 406 g/mol. The van der Waals surface area contributed by atoms with Crippen LogP contribution in [0.3, 0.4) is 0 Å². The van der Waals surface area contributed by atoms with E-state index < -0.39 is 11.8 Å². The molecule has 1 saturated carbocycles. The number of alkyl halides is 3. The summed E-state index contributed by atoms with van der Waals surface area (Å²) in [6.45, 7) is 0.704. The van der Waals surface area contributed by atoms with Crippen LogP contribution in [0, 0.1) is 0 Å². The molecule has 2 aromatic rings. The number of benzene rings is 1. The van der Waals surface area contributed by atoms with Gasteiger partial charge in [0.25, 0.3) is 5.91 Å². The standard InChI is InChI=1S/C22H25F3N2O2/c1-21(29,22(23,24)25)17-10-6-16(7-11-17)20(28)27(2)18-12-8-15(9-13-18)19-5-3-4-14-26-19/h3-7,10-11,14-15,18,29H,8-9,12-13H2,1-2H3/t15-,18-,21-/m0/s1. The van der Waals surface area contributed by atoms with Crippen LogP contribution in [0.5, 0.6) is 0 Å². The Labute approximate surface area is 168 Å². The number of aliphatic hydroxyl groups is 1. The highest BCUT2D eigenvalue weighted by molar-refractivity contribution is 5.94. The molecular formula is C22H25F3N2O2. The Bertz CT molecular complexity index is 827. The van der Waals surface area contributed by atoms with Gasteiger partial charge in [-0.25, -0.2) is 0 Å². The first-order chi connectivity index (χ1) is 13.6. The molecule has 1 fully saturated rings. The van der Waals surface area contributed by atoms with Crippen LogP contribution < -0.4 is 0 Å². The van der Waals surface area contributed by atoms with Gasteiger partial charge < -0.3 is 10.0 Å². The maximum Gasteiger partial charge on any atom is 0.421 e. The van der Waals surface area contributed by atoms with Crippen LogP contribution in [0.1, 0.15) is 60.1 Å². The van der Waals surface area contributed by atoms with Crippen molar-refractivity contribution in [3.63, 3.8) is 0 Å². The second-order valence-electron chi connectivity index (χ2n) is 7.82. The van der Waals surface area contributed by atoms with Crippen LogP contribution in [0.2, 0.25) is 0 Å². The third-order valence-corrected chi connectivity index (χ3v) is 5.92. The van der Waals surface area contributed by atoms with E-state index in [1.54, 1.807) is 18.1 Å². The van der Waals surface area contributed by atoms with Crippen molar-refractivity contribution >= 4 is 5.91 Å². The number of amides is 1. The first-order valence-corrected chi connectivity index (χ1v) is 9.69. The molecular weight excluding hydrogens is 381 g/mol. The number of halogens is 3. The van der Waals surface area contributed by atoms with Crippen LogP contribution in [0.15, 0.2) is 48.7 Å². The van der Waals surface area contributed by atoms with E-state index in [1.165, 1.54) is 12.1 Å². The second kappa shape index (κ2) is 8.14. The molecule has 4 nitrogen and oxygen atoms in total. The average Bonchev–Trinajstić information content (AvgIpc) is 2.73. The summed E-state index contributed by atoms with van der Waals surface area (Å²) in [6, 6.07) is 11.0. The Morgan fingerprint density at radius 3 is 2.21 bits per heavy atom. The van der Waals surface area contributed by atoms with Gasteiger partial charge in [0.1, 0.15) is 0 Å². The van der Waals surface area contributed by atoms with Gasteiger partial charge in [0.2, 0.25) is 0 Å². The zero-order valence-corrected chi connectivity index (χ0v) is 16.5. The van der Waals surface area contributed by atoms with Crippen LogP contribution in [-0.4, -0.2) is 40.2 Å². The highest BCUT2D eigenvalue weighted by atomic mass is 19.4. The van der Waals surface area contributed by atoms with Crippen LogP contribution in [0.4, 0.5) is 13.2 Å². The topological polar surface area (TPSA) is 53.4 Å². The molecule has 0 bridgehead atoms. The SMILES string of the molecule is CN(C(=O)c1ccc([C@](C)(O)C(F)(F)F)cc1)[C@H]1CC[C@H](c2ccccn2)CC1. The fraction of sp³-hybridized carbons (Fsp3) is 0.455. The Kier molecular flexibility index (Phi) is 5.98. The zero-order valence-electron chi connectivity index (χ0n) is 16.5. The number of hydrogen-bond donors (Lipinski definition) is 1. The molecule has 1 atom stereocenters. The number of pyridine rings is 1. The smallest absolute Gasteiger partial charge is 0.376 e. The molecule has 0 spiro atoms. The van der Waals surface area contributed by atoms with Gasteiger partial charge in [-0.15, -0.1) is 0 Å². The van der Waals surface area contributed by atoms with Gasteiger partial charge in [-0.05, 0) is 62.4 Å². The molecule has 0 radical (unpaired) electrons. The number of hydrogen-bond acceptors (Lipinski definition) is 3. The Hall–Kier alpha value is -2.41. The van der Waals surface area contributed by atoms with Crippen molar-refractivity contribution in [2.75, 3.05) is 7.05 Å². The monoisotopic (exact) mass is 406 g/mol. The fourth-order valence-corrected chi connectivity index (χ4v) is 3.85. The quantitative estimate of drug-likeness (QED) is 0.804. The summed E-state index contributed by atoms with van der Waals surface area (Å²) in [7, 11) is 1.73. The lowest BCUT2D eigenvalue weighted by molar-refractivity contribution is -0.258. The lowest BCUT2D eigenvalue weighted by atomic mass is 9.83. The molecule has 156 valence electrons. The van der Waals surface area contributed by atoms with Crippen molar-refractivity contribution in [3.8, 4) is 0 Å². The Morgan fingerprint density at radius 2 is 1.69 bits per heavy atom. The molecule has 1 amide bonds. The third-order valence-electron chi connectivity index (χ3n) is 5.92. The highest BCUT2D eigenvalue weighted by Gasteiger charge is 2.51. The van der Waals surface area contributed by atoms with E-state index in [2.05, 4.69) is 4.98 Å². The van der Waals surface area contributed by atoms with Gasteiger partial charge in [0, 0.05) is 36.5 Å². The van der Waals surface area contributed by atoms with E-state index in [0.717, 1.165) is 43.5 Å². The van der Waals surface area contributed by atoms with E-state index in [1.807, 2.05) is 18.2 Å². The maximum absolute atomic E-state index is 13.0. The normalized spacial score (nSPS) is 22.0. The summed E-state index contributed by atoms with van der Waals surface area (Å²) in [4.78, 5) is 18.9. The summed E-state index contributed by atoms with van der Waals surface area (Å²) >= 11 is 0. The van der Waals surface area contributed by atoms with Crippen molar-refractivity contribution in [3.05, 3.63) is 65.5 Å². The number of carbonyl (C=O) groups is 1. The van der Waals surface area contributed by atoms with E-state index in [4.69, 9.17) is 0 Å². The minimum atomic E-state index is -4.79. The lowest BCUT2D eigenvalue weighted by Crippen LogP contribution is -2.40. The Morgan fingerprint density at radius 1 is 1.07 bits per heavy atom. The summed E-state index contributed by atoms with van der Waals surface area (Å²) in [6.07, 6.45) is 0.576. The summed E-state index contributed by atoms with van der Waals surface area (Å²) in [5.41, 5.74) is -1.86. The van der Waals surface area contributed by atoms with Crippen molar-refractivity contribution < 1.29 is 23.1 Å². The molecule has 0 unspecified atom stereocenters. The van der Waals surface area contributed by atoms with Gasteiger partial charge >= 0.3 is 6.18 Å². The zero-order chi connectivity index (χ0) is 21.2. The number of rotatable bonds is 4. The molecule has 1 aromatic carbocycles. The number of nitrogens with zero attached hydrogens (tertiary/aromatic N) is 2. The first-order valence-electron chi connectivity index (χ1n) is 9.69. The van der Waals surface area contributed by atoms with Gasteiger partial charge in [-0.1, -0.05) is 18.2 Å². The van der Waals surface area contributed by atoms with E-state index in [9.17, 15) is 23.1 Å². The minimum Gasteiger partial charge on any atom is -0.376 e. The van der Waals surface area contributed by atoms with Crippen molar-refractivity contribution in [2.45, 2.75) is 56.3 Å². The summed E-state index contributed by atoms with van der Waals surface area (Å²) in [5, 5.41) is 9.76. The molecule has 1 aliphatic rings. The second-order valence-corrected chi connectivity index (χ2v) is 7.82. The fourth-order valence-electron chi connectivity index (χ4n) is 3.85. The van der Waals surface area contributed by atoms with Crippen molar-refractivity contribution in [1.82, 2.24) is 9.88 Å². The van der Waals surface area contributed by atoms with Crippen LogP contribution in [-0.2, 0) is 5.60 Å². The van der Waals surface area contributed by atoms with E-state index in [0.29, 0.717) is 18.4 Å². The molecule has 29 heavy (non-hydrogen) atoms. The predicted octanol–water partition coefficient (Wildman–Crippen LogP) is 4.65. The van der Waals surface area contributed by atoms with E-state index in [-0.39, 0.29) is 17.5 Å². The van der Waals surface area contributed by atoms with Crippen molar-refractivity contribution in [2.24, 2.45) is 0 Å². The lowest BCUT2D eigenvalue weighted by Gasteiger charge is -2.34.